The number of hydrogen-bond donors (Lipinski definition) is 0. The maximum Gasteiger partial charge on any atom is 0.109 e. The van der Waals surface area contributed by atoms with E-state index in [-0.39, 0.29) is 5.54 Å². The van der Waals surface area contributed by atoms with Crippen LogP contribution in [0.3, 0.4) is 0 Å². The highest BCUT2D eigenvalue weighted by molar-refractivity contribution is 5.11. The maximum atomic E-state index is 9.57. The van der Waals surface area contributed by atoms with E-state index in [1.165, 1.54) is 19.3 Å². The molecule has 1 saturated carbocycles. The van der Waals surface area contributed by atoms with Gasteiger partial charge in [-0.3, -0.25) is 4.90 Å². The highest BCUT2D eigenvalue weighted by Gasteiger charge is 2.41. The fourth-order valence-corrected chi connectivity index (χ4v) is 3.16. The van der Waals surface area contributed by atoms with Crippen LogP contribution in [-0.4, -0.2) is 36.7 Å². The lowest BCUT2D eigenvalue weighted by Gasteiger charge is -2.45. The van der Waals surface area contributed by atoms with Crippen LogP contribution in [0.15, 0.2) is 0 Å². The van der Waals surface area contributed by atoms with Gasteiger partial charge in [0.2, 0.25) is 0 Å². The van der Waals surface area contributed by atoms with Gasteiger partial charge in [0.15, 0.2) is 0 Å². The summed E-state index contributed by atoms with van der Waals surface area (Å²) in [6, 6.07) is 2.62. The second kappa shape index (κ2) is 5.16. The minimum Gasteiger partial charge on any atom is -0.379 e. The van der Waals surface area contributed by atoms with Crippen LogP contribution in [0.4, 0.5) is 0 Å². The fourth-order valence-electron chi connectivity index (χ4n) is 3.16. The van der Waals surface area contributed by atoms with Crippen LogP contribution in [-0.2, 0) is 4.74 Å². The van der Waals surface area contributed by atoms with Crippen LogP contribution in [0.25, 0.3) is 0 Å². The van der Waals surface area contributed by atoms with E-state index in [9.17, 15) is 5.26 Å². The van der Waals surface area contributed by atoms with Gasteiger partial charge in [0.05, 0.1) is 19.3 Å². The van der Waals surface area contributed by atoms with E-state index in [0.717, 1.165) is 45.1 Å². The summed E-state index contributed by atoms with van der Waals surface area (Å²) >= 11 is 0. The van der Waals surface area contributed by atoms with E-state index in [1.807, 2.05) is 0 Å². The van der Waals surface area contributed by atoms with Crippen LogP contribution in [0.1, 0.15) is 39.0 Å². The largest absolute Gasteiger partial charge is 0.379 e. The molecule has 2 unspecified atom stereocenters. The van der Waals surface area contributed by atoms with E-state index in [1.54, 1.807) is 0 Å². The molecule has 0 aromatic carbocycles. The van der Waals surface area contributed by atoms with Crippen LogP contribution >= 0.6 is 0 Å². The first kappa shape index (κ1) is 11.9. The van der Waals surface area contributed by atoms with Gasteiger partial charge in [-0.1, -0.05) is 26.2 Å². The monoisotopic (exact) mass is 222 g/mol. The number of ether oxygens (including phenoxy) is 1. The van der Waals surface area contributed by atoms with Crippen molar-refractivity contribution in [3.05, 3.63) is 0 Å². The molecule has 1 heterocycles. The molecule has 0 aromatic rings. The van der Waals surface area contributed by atoms with Crippen molar-refractivity contribution in [3.63, 3.8) is 0 Å². The zero-order chi connectivity index (χ0) is 11.4. The summed E-state index contributed by atoms with van der Waals surface area (Å²) in [5, 5.41) is 9.57. The number of rotatable bonds is 2. The van der Waals surface area contributed by atoms with Gasteiger partial charge < -0.3 is 4.74 Å². The van der Waals surface area contributed by atoms with Gasteiger partial charge in [-0.05, 0) is 18.8 Å². The van der Waals surface area contributed by atoms with Crippen LogP contribution in [0.5, 0.6) is 0 Å². The molecule has 90 valence electrons. The summed E-state index contributed by atoms with van der Waals surface area (Å²) in [5.41, 5.74) is -0.178. The van der Waals surface area contributed by atoms with Crippen molar-refractivity contribution in [1.29, 1.82) is 5.26 Å². The summed E-state index contributed by atoms with van der Waals surface area (Å²) < 4.78 is 5.38. The molecule has 0 aromatic heterocycles. The molecule has 2 fully saturated rings. The standard InChI is InChI=1S/C13H22N2O/c1-2-12-4-3-5-13(10-12,11-14)15-6-8-16-9-7-15/h12H,2-10H2,1H3. The minimum atomic E-state index is -0.178. The Balaban J connectivity index is 2.08. The lowest BCUT2D eigenvalue weighted by atomic mass is 9.74. The van der Waals surface area contributed by atoms with Gasteiger partial charge >= 0.3 is 0 Å². The molecule has 0 bridgehead atoms. The number of hydrogen-bond acceptors (Lipinski definition) is 3. The Kier molecular flexibility index (Phi) is 3.83. The molecule has 0 spiro atoms. The molecule has 1 saturated heterocycles. The first-order chi connectivity index (χ1) is 7.80. The zero-order valence-corrected chi connectivity index (χ0v) is 10.2. The molecule has 3 heteroatoms. The van der Waals surface area contributed by atoms with Crippen LogP contribution in [0, 0.1) is 17.2 Å². The molecule has 2 aliphatic rings. The Hall–Kier alpha value is -0.590. The predicted molar refractivity (Wildman–Crippen MR) is 63.0 cm³/mol. The molecular weight excluding hydrogens is 200 g/mol. The maximum absolute atomic E-state index is 9.57. The molecule has 0 N–H and O–H groups in total. The molecule has 3 nitrogen and oxygen atoms in total. The average Bonchev–Trinajstić information content (AvgIpc) is 2.39. The molecule has 16 heavy (non-hydrogen) atoms. The third kappa shape index (κ3) is 2.23. The first-order valence-corrected chi connectivity index (χ1v) is 6.55. The molecule has 0 amide bonds. The molecule has 1 aliphatic heterocycles. The normalized spacial score (nSPS) is 36.9. The van der Waals surface area contributed by atoms with Crippen molar-refractivity contribution in [1.82, 2.24) is 4.90 Å². The summed E-state index contributed by atoms with van der Waals surface area (Å²) in [4.78, 5) is 2.37. The third-order valence-electron chi connectivity index (χ3n) is 4.23. The number of nitrogens with zero attached hydrogens (tertiary/aromatic N) is 2. The number of morpholine rings is 1. The van der Waals surface area contributed by atoms with Crippen LogP contribution in [0.2, 0.25) is 0 Å². The van der Waals surface area contributed by atoms with Crippen molar-refractivity contribution in [2.24, 2.45) is 5.92 Å². The second-order valence-electron chi connectivity index (χ2n) is 5.11. The van der Waals surface area contributed by atoms with Gasteiger partial charge in [0.25, 0.3) is 0 Å². The van der Waals surface area contributed by atoms with Crippen molar-refractivity contribution in [2.75, 3.05) is 26.3 Å². The Bertz CT molecular complexity index is 268. The molecule has 0 radical (unpaired) electrons. The smallest absolute Gasteiger partial charge is 0.109 e. The van der Waals surface area contributed by atoms with Gasteiger partial charge in [-0.25, -0.2) is 0 Å². The quantitative estimate of drug-likeness (QED) is 0.718. The average molecular weight is 222 g/mol. The topological polar surface area (TPSA) is 36.3 Å². The van der Waals surface area contributed by atoms with Crippen molar-refractivity contribution >= 4 is 0 Å². The van der Waals surface area contributed by atoms with E-state index in [4.69, 9.17) is 4.74 Å². The molecule has 2 rings (SSSR count). The van der Waals surface area contributed by atoms with E-state index in [0.29, 0.717) is 0 Å². The van der Waals surface area contributed by atoms with Crippen molar-refractivity contribution in [3.8, 4) is 6.07 Å². The highest BCUT2D eigenvalue weighted by atomic mass is 16.5. The minimum absolute atomic E-state index is 0.178. The zero-order valence-electron chi connectivity index (χ0n) is 10.2. The Morgan fingerprint density at radius 3 is 2.81 bits per heavy atom. The van der Waals surface area contributed by atoms with Crippen LogP contribution < -0.4 is 0 Å². The van der Waals surface area contributed by atoms with Gasteiger partial charge in [0.1, 0.15) is 5.54 Å². The summed E-state index contributed by atoms with van der Waals surface area (Å²) in [5.74, 6) is 0.747. The predicted octanol–water partition coefficient (Wildman–Crippen LogP) is 2.18. The summed E-state index contributed by atoms with van der Waals surface area (Å²) in [7, 11) is 0. The molecule has 2 atom stereocenters. The van der Waals surface area contributed by atoms with Crippen molar-refractivity contribution < 1.29 is 4.74 Å². The summed E-state index contributed by atoms with van der Waals surface area (Å²) in [6.07, 6.45) is 5.86. The van der Waals surface area contributed by atoms with E-state index < -0.39 is 0 Å². The van der Waals surface area contributed by atoms with E-state index >= 15 is 0 Å². The Labute approximate surface area is 98.4 Å². The molecular formula is C13H22N2O. The van der Waals surface area contributed by atoms with Crippen molar-refractivity contribution in [2.45, 2.75) is 44.6 Å². The van der Waals surface area contributed by atoms with Gasteiger partial charge in [0, 0.05) is 13.1 Å². The highest BCUT2D eigenvalue weighted by Crippen LogP contribution is 2.38. The summed E-state index contributed by atoms with van der Waals surface area (Å²) in [6.45, 7) is 5.70. The number of nitriles is 1. The third-order valence-corrected chi connectivity index (χ3v) is 4.23. The lowest BCUT2D eigenvalue weighted by Crippen LogP contribution is -2.54. The molecule has 1 aliphatic carbocycles. The van der Waals surface area contributed by atoms with Gasteiger partial charge in [-0.2, -0.15) is 5.26 Å². The Morgan fingerprint density at radius 1 is 1.44 bits per heavy atom. The first-order valence-electron chi connectivity index (χ1n) is 6.55. The van der Waals surface area contributed by atoms with Gasteiger partial charge in [-0.15, -0.1) is 0 Å². The second-order valence-corrected chi connectivity index (χ2v) is 5.11. The SMILES string of the molecule is CCC1CCCC(C#N)(N2CCOCC2)C1. The Morgan fingerprint density at radius 2 is 2.19 bits per heavy atom. The lowest BCUT2D eigenvalue weighted by molar-refractivity contribution is -0.0226. The van der Waals surface area contributed by atoms with E-state index in [2.05, 4.69) is 17.9 Å². The fraction of sp³-hybridized carbons (Fsp3) is 0.923.